The van der Waals surface area contributed by atoms with Crippen molar-refractivity contribution < 1.29 is 9.47 Å². The number of hydrogen-bond acceptors (Lipinski definition) is 3. The van der Waals surface area contributed by atoms with Gasteiger partial charge < -0.3 is 14.8 Å². The number of nitrogens with one attached hydrogen (secondary N) is 1. The van der Waals surface area contributed by atoms with Gasteiger partial charge in [-0.15, -0.1) is 0 Å². The maximum atomic E-state index is 6.29. The third kappa shape index (κ3) is 5.41. The molecule has 2 rings (SSSR count). The molecule has 0 spiro atoms. The second-order valence-corrected chi connectivity index (χ2v) is 6.13. The zero-order chi connectivity index (χ0) is 13.3. The van der Waals surface area contributed by atoms with Crippen molar-refractivity contribution in [2.75, 3.05) is 26.4 Å². The van der Waals surface area contributed by atoms with Crippen molar-refractivity contribution in [2.24, 2.45) is 5.92 Å². The first-order chi connectivity index (χ1) is 9.40. The van der Waals surface area contributed by atoms with Gasteiger partial charge in [0.15, 0.2) is 0 Å². The topological polar surface area (TPSA) is 30.5 Å². The maximum Gasteiger partial charge on any atom is 0.0728 e. The van der Waals surface area contributed by atoms with E-state index in [2.05, 4.69) is 12.2 Å². The van der Waals surface area contributed by atoms with Crippen LogP contribution in [0, 0.1) is 5.92 Å². The molecular formula is C16H31NO2. The van der Waals surface area contributed by atoms with Gasteiger partial charge in [0.05, 0.1) is 12.7 Å². The molecule has 2 aliphatic rings. The van der Waals surface area contributed by atoms with Crippen molar-refractivity contribution in [3.63, 3.8) is 0 Å². The molecule has 2 unspecified atom stereocenters. The Morgan fingerprint density at radius 1 is 1.05 bits per heavy atom. The molecule has 0 aromatic rings. The summed E-state index contributed by atoms with van der Waals surface area (Å²) >= 11 is 0. The molecule has 1 heterocycles. The molecule has 0 amide bonds. The van der Waals surface area contributed by atoms with Crippen LogP contribution in [-0.4, -0.2) is 38.5 Å². The molecule has 2 fully saturated rings. The summed E-state index contributed by atoms with van der Waals surface area (Å²) in [5.74, 6) is 0.726. The number of rotatable bonds is 6. The van der Waals surface area contributed by atoms with Gasteiger partial charge in [0.2, 0.25) is 0 Å². The van der Waals surface area contributed by atoms with E-state index in [1.165, 1.54) is 51.4 Å². The zero-order valence-electron chi connectivity index (χ0n) is 12.5. The molecule has 0 radical (unpaired) electrons. The first-order valence-corrected chi connectivity index (χ1v) is 8.33. The van der Waals surface area contributed by atoms with Crippen LogP contribution in [0.1, 0.15) is 58.3 Å². The Bertz CT molecular complexity index is 229. The molecule has 3 nitrogen and oxygen atoms in total. The Morgan fingerprint density at radius 3 is 2.63 bits per heavy atom. The first kappa shape index (κ1) is 15.3. The largest absolute Gasteiger partial charge is 0.381 e. The fraction of sp³-hybridized carbons (Fsp3) is 1.00. The van der Waals surface area contributed by atoms with Gasteiger partial charge in [0.25, 0.3) is 0 Å². The van der Waals surface area contributed by atoms with Gasteiger partial charge in [0.1, 0.15) is 0 Å². The summed E-state index contributed by atoms with van der Waals surface area (Å²) in [6.07, 6.45) is 10.6. The minimum atomic E-state index is 0.442. The van der Waals surface area contributed by atoms with E-state index in [0.717, 1.165) is 32.3 Å². The standard InChI is InChI=1S/C16H31NO2/c1-2-10-17-15-6-4-3-5-7-16(15)19-13-14-8-11-18-12-9-14/h14-17H,2-13H2,1H3. The van der Waals surface area contributed by atoms with E-state index in [1.807, 2.05) is 0 Å². The smallest absolute Gasteiger partial charge is 0.0728 e. The Balaban J connectivity index is 1.75. The molecule has 19 heavy (non-hydrogen) atoms. The summed E-state index contributed by atoms with van der Waals surface area (Å²) in [7, 11) is 0. The lowest BCUT2D eigenvalue weighted by molar-refractivity contribution is -0.0263. The lowest BCUT2D eigenvalue weighted by Gasteiger charge is -2.29. The second kappa shape index (κ2) is 8.93. The molecule has 0 aromatic carbocycles. The van der Waals surface area contributed by atoms with E-state index >= 15 is 0 Å². The lowest BCUT2D eigenvalue weighted by Crippen LogP contribution is -2.42. The van der Waals surface area contributed by atoms with Gasteiger partial charge in [0, 0.05) is 19.3 Å². The van der Waals surface area contributed by atoms with Crippen LogP contribution in [-0.2, 0) is 9.47 Å². The van der Waals surface area contributed by atoms with E-state index in [0.29, 0.717) is 12.1 Å². The van der Waals surface area contributed by atoms with Gasteiger partial charge in [-0.2, -0.15) is 0 Å². The van der Waals surface area contributed by atoms with Gasteiger partial charge in [-0.25, -0.2) is 0 Å². The second-order valence-electron chi connectivity index (χ2n) is 6.13. The lowest BCUT2D eigenvalue weighted by atomic mass is 10.0. The third-order valence-corrected chi connectivity index (χ3v) is 4.50. The molecule has 1 aliphatic heterocycles. The molecule has 1 aliphatic carbocycles. The predicted octanol–water partition coefficient (Wildman–Crippen LogP) is 3.13. The summed E-state index contributed by atoms with van der Waals surface area (Å²) in [5.41, 5.74) is 0. The van der Waals surface area contributed by atoms with E-state index < -0.39 is 0 Å². The number of hydrogen-bond donors (Lipinski definition) is 1. The molecule has 3 heteroatoms. The third-order valence-electron chi connectivity index (χ3n) is 4.50. The van der Waals surface area contributed by atoms with E-state index in [1.54, 1.807) is 0 Å². The highest BCUT2D eigenvalue weighted by molar-refractivity contribution is 4.80. The molecule has 1 saturated heterocycles. The van der Waals surface area contributed by atoms with Crippen molar-refractivity contribution >= 4 is 0 Å². The fourth-order valence-electron chi connectivity index (χ4n) is 3.21. The van der Waals surface area contributed by atoms with E-state index in [4.69, 9.17) is 9.47 Å². The minimum absolute atomic E-state index is 0.442. The summed E-state index contributed by atoms with van der Waals surface area (Å²) in [4.78, 5) is 0. The van der Waals surface area contributed by atoms with Gasteiger partial charge >= 0.3 is 0 Å². The summed E-state index contributed by atoms with van der Waals surface area (Å²) < 4.78 is 11.7. The Hall–Kier alpha value is -0.120. The summed E-state index contributed by atoms with van der Waals surface area (Å²) in [5, 5.41) is 3.70. The van der Waals surface area contributed by atoms with Gasteiger partial charge in [-0.3, -0.25) is 0 Å². The highest BCUT2D eigenvalue weighted by Crippen LogP contribution is 2.23. The van der Waals surface area contributed by atoms with E-state index in [9.17, 15) is 0 Å². The molecule has 112 valence electrons. The summed E-state index contributed by atoms with van der Waals surface area (Å²) in [6.45, 7) is 6.16. The van der Waals surface area contributed by atoms with Gasteiger partial charge in [-0.05, 0) is 44.6 Å². The van der Waals surface area contributed by atoms with Crippen molar-refractivity contribution in [3.05, 3.63) is 0 Å². The maximum absolute atomic E-state index is 6.29. The normalized spacial score (nSPS) is 30.2. The molecular weight excluding hydrogens is 238 g/mol. The van der Waals surface area contributed by atoms with Crippen LogP contribution in [0.2, 0.25) is 0 Å². The molecule has 2 atom stereocenters. The van der Waals surface area contributed by atoms with Gasteiger partial charge in [-0.1, -0.05) is 26.2 Å². The van der Waals surface area contributed by atoms with Crippen LogP contribution < -0.4 is 5.32 Å². The monoisotopic (exact) mass is 269 g/mol. The summed E-state index contributed by atoms with van der Waals surface area (Å²) in [6, 6.07) is 0.585. The first-order valence-electron chi connectivity index (χ1n) is 8.33. The van der Waals surface area contributed by atoms with Crippen LogP contribution in [0.4, 0.5) is 0 Å². The molecule has 0 aromatic heterocycles. The van der Waals surface area contributed by atoms with E-state index in [-0.39, 0.29) is 0 Å². The quantitative estimate of drug-likeness (QED) is 0.752. The van der Waals surface area contributed by atoms with Crippen molar-refractivity contribution in [1.29, 1.82) is 0 Å². The highest BCUT2D eigenvalue weighted by atomic mass is 16.5. The van der Waals surface area contributed by atoms with Crippen LogP contribution in [0.15, 0.2) is 0 Å². The van der Waals surface area contributed by atoms with Crippen LogP contribution in [0.3, 0.4) is 0 Å². The molecule has 1 N–H and O–H groups in total. The molecule has 0 bridgehead atoms. The van der Waals surface area contributed by atoms with Crippen LogP contribution in [0.5, 0.6) is 0 Å². The minimum Gasteiger partial charge on any atom is -0.381 e. The van der Waals surface area contributed by atoms with Crippen LogP contribution >= 0.6 is 0 Å². The van der Waals surface area contributed by atoms with Crippen molar-refractivity contribution in [1.82, 2.24) is 5.32 Å². The number of ether oxygens (including phenoxy) is 2. The van der Waals surface area contributed by atoms with Crippen molar-refractivity contribution in [3.8, 4) is 0 Å². The average Bonchev–Trinajstić information content (AvgIpc) is 2.69. The molecule has 1 saturated carbocycles. The van der Waals surface area contributed by atoms with Crippen LogP contribution in [0.25, 0.3) is 0 Å². The highest BCUT2D eigenvalue weighted by Gasteiger charge is 2.25. The Labute approximate surface area is 118 Å². The zero-order valence-corrected chi connectivity index (χ0v) is 12.5. The predicted molar refractivity (Wildman–Crippen MR) is 78.4 cm³/mol. The Morgan fingerprint density at radius 2 is 1.84 bits per heavy atom. The van der Waals surface area contributed by atoms with Crippen molar-refractivity contribution in [2.45, 2.75) is 70.4 Å². The average molecular weight is 269 g/mol. The Kier molecular flexibility index (Phi) is 7.18. The fourth-order valence-corrected chi connectivity index (χ4v) is 3.21. The SMILES string of the molecule is CCCNC1CCCCCC1OCC1CCOCC1.